The molecule has 2 aromatic heterocycles. The quantitative estimate of drug-likeness (QED) is 0.865. The zero-order valence-corrected chi connectivity index (χ0v) is 11.2. The molecule has 4 heteroatoms. The first-order valence-corrected chi connectivity index (χ1v) is 5.95. The first kappa shape index (κ1) is 11.9. The van der Waals surface area contributed by atoms with Crippen LogP contribution in [-0.4, -0.2) is 20.6 Å². The van der Waals surface area contributed by atoms with Crippen molar-refractivity contribution in [3.63, 3.8) is 0 Å². The van der Waals surface area contributed by atoms with Crippen LogP contribution in [0.2, 0.25) is 0 Å². The van der Waals surface area contributed by atoms with Crippen molar-refractivity contribution in [3.8, 4) is 0 Å². The Hall–Kier alpha value is -1.58. The Kier molecular flexibility index (Phi) is 2.81. The average Bonchev–Trinajstić information content (AvgIpc) is 2.58. The van der Waals surface area contributed by atoms with Crippen LogP contribution < -0.4 is 5.32 Å². The van der Waals surface area contributed by atoms with Crippen LogP contribution in [0.15, 0.2) is 18.5 Å². The smallest absolute Gasteiger partial charge is 0.152 e. The van der Waals surface area contributed by atoms with Crippen molar-refractivity contribution in [2.45, 2.75) is 40.7 Å². The molecule has 1 unspecified atom stereocenters. The number of aryl methyl sites for hydroxylation is 1. The van der Waals surface area contributed by atoms with Gasteiger partial charge in [-0.3, -0.25) is 0 Å². The lowest BCUT2D eigenvalue weighted by molar-refractivity contribution is 0.359. The van der Waals surface area contributed by atoms with E-state index in [0.29, 0.717) is 6.04 Å². The summed E-state index contributed by atoms with van der Waals surface area (Å²) in [6, 6.07) is 2.39. The minimum atomic E-state index is 0.198. The molecule has 0 aliphatic carbocycles. The average molecular weight is 232 g/mol. The third-order valence-corrected chi connectivity index (χ3v) is 3.16. The molecule has 92 valence electrons. The highest BCUT2D eigenvalue weighted by Crippen LogP contribution is 2.24. The van der Waals surface area contributed by atoms with Gasteiger partial charge in [-0.25, -0.2) is 9.50 Å². The predicted molar refractivity (Wildman–Crippen MR) is 70.3 cm³/mol. The monoisotopic (exact) mass is 232 g/mol. The highest BCUT2D eigenvalue weighted by molar-refractivity contribution is 5.68. The van der Waals surface area contributed by atoms with Crippen LogP contribution in [0.3, 0.4) is 0 Å². The summed E-state index contributed by atoms with van der Waals surface area (Å²) in [7, 11) is 0. The van der Waals surface area contributed by atoms with Gasteiger partial charge in [0.25, 0.3) is 0 Å². The van der Waals surface area contributed by atoms with Crippen LogP contribution in [0.4, 0.5) is 5.82 Å². The molecule has 2 aromatic rings. The van der Waals surface area contributed by atoms with E-state index in [1.165, 1.54) is 0 Å². The van der Waals surface area contributed by atoms with E-state index < -0.39 is 0 Å². The van der Waals surface area contributed by atoms with E-state index in [9.17, 15) is 0 Å². The zero-order chi connectivity index (χ0) is 12.6. The largest absolute Gasteiger partial charge is 0.365 e. The Balaban J connectivity index is 2.36. The molecule has 0 spiro atoms. The molecule has 0 fully saturated rings. The van der Waals surface area contributed by atoms with E-state index in [1.807, 2.05) is 23.7 Å². The topological polar surface area (TPSA) is 42.2 Å². The summed E-state index contributed by atoms with van der Waals surface area (Å²) in [6.45, 7) is 10.8. The Morgan fingerprint density at radius 3 is 2.71 bits per heavy atom. The molecule has 0 aromatic carbocycles. The van der Waals surface area contributed by atoms with Gasteiger partial charge in [0, 0.05) is 18.4 Å². The summed E-state index contributed by atoms with van der Waals surface area (Å²) in [5.41, 5.74) is 2.23. The molecular formula is C13H20N4. The third kappa shape index (κ3) is 2.40. The summed E-state index contributed by atoms with van der Waals surface area (Å²) in [6.07, 6.45) is 3.65. The number of rotatable bonds is 2. The zero-order valence-electron chi connectivity index (χ0n) is 11.2. The molecule has 2 heterocycles. The van der Waals surface area contributed by atoms with Crippen LogP contribution in [-0.2, 0) is 0 Å². The van der Waals surface area contributed by atoms with Crippen LogP contribution in [0, 0.1) is 12.3 Å². The minimum Gasteiger partial charge on any atom is -0.365 e. The standard InChI is InChI=1S/C13H20N4/c1-9-8-11-12(14-6-7-17(11)16-9)15-10(2)13(3,4)5/h6-8,10H,1-5H3,(H,14,15). The van der Waals surface area contributed by atoms with Gasteiger partial charge in [-0.2, -0.15) is 5.10 Å². The van der Waals surface area contributed by atoms with Crippen molar-refractivity contribution in [2.75, 3.05) is 5.32 Å². The third-order valence-electron chi connectivity index (χ3n) is 3.16. The lowest BCUT2D eigenvalue weighted by atomic mass is 9.88. The molecule has 0 aliphatic rings. The number of nitrogens with one attached hydrogen (secondary N) is 1. The summed E-state index contributed by atoms with van der Waals surface area (Å²) in [4.78, 5) is 4.40. The van der Waals surface area contributed by atoms with Gasteiger partial charge in [-0.1, -0.05) is 20.8 Å². The molecule has 0 amide bonds. The molecule has 0 saturated heterocycles. The highest BCUT2D eigenvalue weighted by Gasteiger charge is 2.21. The van der Waals surface area contributed by atoms with Gasteiger partial charge in [0.2, 0.25) is 0 Å². The van der Waals surface area contributed by atoms with Crippen LogP contribution in [0.5, 0.6) is 0 Å². The Labute approximate surface area is 102 Å². The maximum atomic E-state index is 4.40. The fraction of sp³-hybridized carbons (Fsp3) is 0.538. The fourth-order valence-electron chi connectivity index (χ4n) is 1.58. The summed E-state index contributed by atoms with van der Waals surface area (Å²) >= 11 is 0. The molecule has 1 N–H and O–H groups in total. The lowest BCUT2D eigenvalue weighted by Crippen LogP contribution is -2.31. The van der Waals surface area contributed by atoms with E-state index in [2.05, 4.69) is 43.1 Å². The number of hydrogen-bond acceptors (Lipinski definition) is 3. The number of nitrogens with zero attached hydrogens (tertiary/aromatic N) is 3. The summed E-state index contributed by atoms with van der Waals surface area (Å²) < 4.78 is 1.86. The summed E-state index contributed by atoms with van der Waals surface area (Å²) in [5, 5.41) is 7.85. The van der Waals surface area contributed by atoms with Gasteiger partial charge < -0.3 is 5.32 Å². The second-order valence-electron chi connectivity index (χ2n) is 5.62. The molecular weight excluding hydrogens is 212 g/mol. The van der Waals surface area contributed by atoms with E-state index in [-0.39, 0.29) is 5.41 Å². The van der Waals surface area contributed by atoms with Gasteiger partial charge in [0.1, 0.15) is 5.52 Å². The second kappa shape index (κ2) is 4.02. The molecule has 0 radical (unpaired) electrons. The number of fused-ring (bicyclic) bond motifs is 1. The first-order chi connectivity index (χ1) is 7.88. The second-order valence-corrected chi connectivity index (χ2v) is 5.62. The van der Waals surface area contributed by atoms with Crippen molar-refractivity contribution in [1.29, 1.82) is 0 Å². The number of aromatic nitrogens is 3. The van der Waals surface area contributed by atoms with Crippen LogP contribution in [0.1, 0.15) is 33.4 Å². The van der Waals surface area contributed by atoms with E-state index in [4.69, 9.17) is 0 Å². The molecule has 2 rings (SSSR count). The molecule has 0 bridgehead atoms. The first-order valence-electron chi connectivity index (χ1n) is 5.95. The number of anilines is 1. The van der Waals surface area contributed by atoms with Crippen molar-refractivity contribution >= 4 is 11.3 Å². The van der Waals surface area contributed by atoms with E-state index >= 15 is 0 Å². The van der Waals surface area contributed by atoms with Crippen molar-refractivity contribution in [3.05, 3.63) is 24.2 Å². The molecule has 0 aliphatic heterocycles. The number of hydrogen-bond donors (Lipinski definition) is 1. The normalized spacial score (nSPS) is 13.9. The van der Waals surface area contributed by atoms with Crippen molar-refractivity contribution in [2.24, 2.45) is 5.41 Å². The van der Waals surface area contributed by atoms with Gasteiger partial charge in [0.05, 0.1) is 5.69 Å². The Morgan fingerprint density at radius 2 is 2.06 bits per heavy atom. The van der Waals surface area contributed by atoms with Crippen molar-refractivity contribution < 1.29 is 0 Å². The predicted octanol–water partition coefficient (Wildman–Crippen LogP) is 2.88. The van der Waals surface area contributed by atoms with Gasteiger partial charge in [0.15, 0.2) is 5.82 Å². The maximum absolute atomic E-state index is 4.40. The maximum Gasteiger partial charge on any atom is 0.152 e. The van der Waals surface area contributed by atoms with Gasteiger partial charge in [-0.05, 0) is 25.3 Å². The molecule has 1 atom stereocenters. The Bertz CT molecular complexity index is 522. The summed E-state index contributed by atoms with van der Waals surface area (Å²) in [5.74, 6) is 0.899. The van der Waals surface area contributed by atoms with Crippen LogP contribution in [0.25, 0.3) is 5.52 Å². The Morgan fingerprint density at radius 1 is 1.35 bits per heavy atom. The molecule has 17 heavy (non-hydrogen) atoms. The van der Waals surface area contributed by atoms with Gasteiger partial charge >= 0.3 is 0 Å². The highest BCUT2D eigenvalue weighted by atomic mass is 15.2. The van der Waals surface area contributed by atoms with E-state index in [1.54, 1.807) is 6.20 Å². The molecule has 4 nitrogen and oxygen atoms in total. The van der Waals surface area contributed by atoms with E-state index in [0.717, 1.165) is 17.0 Å². The SMILES string of the molecule is Cc1cc2c(NC(C)C(C)(C)C)nccn2n1. The lowest BCUT2D eigenvalue weighted by Gasteiger charge is -2.28. The van der Waals surface area contributed by atoms with Crippen LogP contribution >= 0.6 is 0 Å². The molecule has 0 saturated carbocycles. The van der Waals surface area contributed by atoms with Crippen molar-refractivity contribution in [1.82, 2.24) is 14.6 Å². The van der Waals surface area contributed by atoms with Gasteiger partial charge in [-0.15, -0.1) is 0 Å². The minimum absolute atomic E-state index is 0.198. The fourth-order valence-corrected chi connectivity index (χ4v) is 1.58.